The number of imide groups is 1. The van der Waals surface area contributed by atoms with Gasteiger partial charge in [0.15, 0.2) is 0 Å². The average Bonchev–Trinajstić information content (AvgIpc) is 2.64. The van der Waals surface area contributed by atoms with Gasteiger partial charge in [-0.2, -0.15) is 0 Å². The topological polar surface area (TPSA) is 88.6 Å². The van der Waals surface area contributed by atoms with Gasteiger partial charge in [0.25, 0.3) is 5.91 Å². The Balaban J connectivity index is 2.29. The number of nitrogens with zero attached hydrogens (tertiary/aromatic N) is 2. The Morgan fingerprint density at radius 3 is 2.63 bits per heavy atom. The Morgan fingerprint density at radius 1 is 1.42 bits per heavy atom. The number of aromatic nitrogens is 1. The number of nitrogens with one attached hydrogen (secondary N) is 1. The molecule has 7 heteroatoms. The van der Waals surface area contributed by atoms with Crippen molar-refractivity contribution in [3.63, 3.8) is 0 Å². The molecule has 2 rings (SSSR count). The molecular formula is C12H13N3O4. The molecule has 7 nitrogen and oxygen atoms in total. The first-order valence-electron chi connectivity index (χ1n) is 5.60. The molecule has 0 radical (unpaired) electrons. The van der Waals surface area contributed by atoms with Crippen molar-refractivity contribution in [1.82, 2.24) is 15.2 Å². The van der Waals surface area contributed by atoms with Crippen molar-refractivity contribution in [2.75, 3.05) is 13.7 Å². The molecule has 1 aromatic heterocycles. The maximum atomic E-state index is 12.3. The summed E-state index contributed by atoms with van der Waals surface area (Å²) in [6.45, 7) is 1.18. The molecule has 100 valence electrons. The summed E-state index contributed by atoms with van der Waals surface area (Å²) in [5.74, 6) is -1.14. The Labute approximate surface area is 109 Å². The molecular weight excluding hydrogens is 250 g/mol. The number of carbonyl (C=O) groups is 3. The van der Waals surface area contributed by atoms with E-state index < -0.39 is 30.0 Å². The van der Waals surface area contributed by atoms with Crippen molar-refractivity contribution in [2.24, 2.45) is 0 Å². The minimum Gasteiger partial charge on any atom is -0.468 e. The zero-order chi connectivity index (χ0) is 14.0. The maximum absolute atomic E-state index is 12.3. The van der Waals surface area contributed by atoms with Crippen molar-refractivity contribution >= 4 is 17.9 Å². The van der Waals surface area contributed by atoms with Crippen LogP contribution in [-0.2, 0) is 19.9 Å². The molecule has 0 saturated carbocycles. The third-order valence-electron chi connectivity index (χ3n) is 3.05. The quantitative estimate of drug-likeness (QED) is 0.613. The predicted octanol–water partition coefficient (Wildman–Crippen LogP) is 0.0216. The van der Waals surface area contributed by atoms with E-state index in [1.165, 1.54) is 19.5 Å². The fraction of sp³-hybridized carbons (Fsp3) is 0.333. The van der Waals surface area contributed by atoms with Crippen LogP contribution in [0.2, 0.25) is 0 Å². The van der Waals surface area contributed by atoms with Gasteiger partial charge in [0.05, 0.1) is 7.11 Å². The molecule has 0 aromatic carbocycles. The second-order valence-corrected chi connectivity index (χ2v) is 4.26. The lowest BCUT2D eigenvalue weighted by Gasteiger charge is -2.21. The molecule has 1 aliphatic heterocycles. The van der Waals surface area contributed by atoms with Crippen molar-refractivity contribution in [3.8, 4) is 0 Å². The first-order valence-corrected chi connectivity index (χ1v) is 5.60. The number of pyridine rings is 1. The van der Waals surface area contributed by atoms with E-state index in [0.29, 0.717) is 5.56 Å². The van der Waals surface area contributed by atoms with Crippen molar-refractivity contribution in [2.45, 2.75) is 12.5 Å². The molecule has 1 atom stereocenters. The highest BCUT2D eigenvalue weighted by Gasteiger charge is 2.49. The summed E-state index contributed by atoms with van der Waals surface area (Å²) in [7, 11) is 1.20. The lowest BCUT2D eigenvalue weighted by atomic mass is 9.93. The Kier molecular flexibility index (Phi) is 3.20. The number of methoxy groups -OCH3 is 1. The molecule has 2 heterocycles. The number of ether oxygens (including phenoxy) is 1. The van der Waals surface area contributed by atoms with E-state index in [4.69, 9.17) is 0 Å². The molecule has 1 N–H and O–H groups in total. The number of urea groups is 1. The number of carbonyl (C=O) groups excluding carboxylic acids is 3. The number of rotatable bonds is 3. The zero-order valence-electron chi connectivity index (χ0n) is 10.5. The van der Waals surface area contributed by atoms with Crippen molar-refractivity contribution in [3.05, 3.63) is 30.1 Å². The first kappa shape index (κ1) is 13.0. The van der Waals surface area contributed by atoms with E-state index in [1.807, 2.05) is 0 Å². The number of esters is 1. The molecule has 19 heavy (non-hydrogen) atoms. The van der Waals surface area contributed by atoms with Gasteiger partial charge in [-0.05, 0) is 24.6 Å². The smallest absolute Gasteiger partial charge is 0.325 e. The van der Waals surface area contributed by atoms with Crippen LogP contribution in [0.25, 0.3) is 0 Å². The van der Waals surface area contributed by atoms with Crippen molar-refractivity contribution in [1.29, 1.82) is 0 Å². The van der Waals surface area contributed by atoms with Gasteiger partial charge in [0, 0.05) is 12.4 Å². The van der Waals surface area contributed by atoms with Crippen LogP contribution in [0.1, 0.15) is 12.5 Å². The van der Waals surface area contributed by atoms with Crippen molar-refractivity contribution < 1.29 is 19.1 Å². The van der Waals surface area contributed by atoms with E-state index in [0.717, 1.165) is 4.90 Å². The van der Waals surface area contributed by atoms with Gasteiger partial charge in [-0.15, -0.1) is 0 Å². The van der Waals surface area contributed by atoms with Gasteiger partial charge >= 0.3 is 12.0 Å². The number of hydrogen-bond acceptors (Lipinski definition) is 5. The molecule has 0 unspecified atom stereocenters. The van der Waals surface area contributed by atoms with Crippen LogP contribution < -0.4 is 5.32 Å². The summed E-state index contributed by atoms with van der Waals surface area (Å²) in [4.78, 5) is 40.0. The van der Waals surface area contributed by atoms with Crippen LogP contribution in [-0.4, -0.2) is 41.4 Å². The molecule has 0 spiro atoms. The number of amides is 3. The minimum atomic E-state index is -1.19. The molecule has 1 aromatic rings. The zero-order valence-corrected chi connectivity index (χ0v) is 10.5. The summed E-state index contributed by atoms with van der Waals surface area (Å²) < 4.78 is 4.46. The standard InChI is InChI=1S/C12H13N3O4/c1-12(8-3-5-13-6-4-8)10(17)15(11(18)14-12)7-9(16)19-2/h3-6H,7H2,1-2H3,(H,14,18)/t12-/m1/s1. The van der Waals surface area contributed by atoms with Crippen LogP contribution in [0.5, 0.6) is 0 Å². The van der Waals surface area contributed by atoms with Crippen LogP contribution >= 0.6 is 0 Å². The molecule has 3 amide bonds. The molecule has 1 aliphatic rings. The summed E-state index contributed by atoms with van der Waals surface area (Å²) in [5.41, 5.74) is -0.582. The van der Waals surface area contributed by atoms with Crippen LogP contribution in [0.3, 0.4) is 0 Å². The predicted molar refractivity (Wildman–Crippen MR) is 63.8 cm³/mol. The highest BCUT2D eigenvalue weighted by atomic mass is 16.5. The third-order valence-corrected chi connectivity index (χ3v) is 3.05. The van der Waals surface area contributed by atoms with Crippen LogP contribution in [0, 0.1) is 0 Å². The molecule has 1 saturated heterocycles. The largest absolute Gasteiger partial charge is 0.468 e. The summed E-state index contributed by atoms with van der Waals surface area (Å²) in [5, 5.41) is 2.58. The fourth-order valence-electron chi connectivity index (χ4n) is 1.92. The summed E-state index contributed by atoms with van der Waals surface area (Å²) in [6, 6.07) is 2.66. The average molecular weight is 263 g/mol. The highest BCUT2D eigenvalue weighted by Crippen LogP contribution is 2.28. The lowest BCUT2D eigenvalue weighted by Crippen LogP contribution is -2.41. The van der Waals surface area contributed by atoms with E-state index in [1.54, 1.807) is 19.1 Å². The SMILES string of the molecule is COC(=O)CN1C(=O)N[C@](C)(c2ccncc2)C1=O. The second kappa shape index (κ2) is 4.68. The van der Waals surface area contributed by atoms with Gasteiger partial charge < -0.3 is 10.1 Å². The van der Waals surface area contributed by atoms with Gasteiger partial charge in [-0.25, -0.2) is 4.79 Å². The van der Waals surface area contributed by atoms with Crippen LogP contribution in [0.15, 0.2) is 24.5 Å². The number of hydrogen-bond donors (Lipinski definition) is 1. The fourth-order valence-corrected chi connectivity index (χ4v) is 1.92. The second-order valence-electron chi connectivity index (χ2n) is 4.26. The Morgan fingerprint density at radius 2 is 2.05 bits per heavy atom. The third kappa shape index (κ3) is 2.14. The van der Waals surface area contributed by atoms with Gasteiger partial charge in [-0.3, -0.25) is 19.5 Å². The monoisotopic (exact) mass is 263 g/mol. The summed E-state index contributed by atoms with van der Waals surface area (Å²) >= 11 is 0. The maximum Gasteiger partial charge on any atom is 0.325 e. The van der Waals surface area contributed by atoms with Gasteiger partial charge in [0.2, 0.25) is 0 Å². The van der Waals surface area contributed by atoms with E-state index in [-0.39, 0.29) is 0 Å². The highest BCUT2D eigenvalue weighted by molar-refractivity contribution is 6.08. The van der Waals surface area contributed by atoms with Gasteiger partial charge in [-0.1, -0.05) is 0 Å². The molecule has 0 aliphatic carbocycles. The van der Waals surface area contributed by atoms with E-state index in [2.05, 4.69) is 15.0 Å². The van der Waals surface area contributed by atoms with Gasteiger partial charge in [0.1, 0.15) is 12.1 Å². The van der Waals surface area contributed by atoms with Crippen LogP contribution in [0.4, 0.5) is 4.79 Å². The normalized spacial score (nSPS) is 22.3. The minimum absolute atomic E-state index is 0.401. The molecule has 0 bridgehead atoms. The lowest BCUT2D eigenvalue weighted by molar-refractivity contribution is -0.145. The Bertz CT molecular complexity index is 531. The van der Waals surface area contributed by atoms with E-state index in [9.17, 15) is 14.4 Å². The Hall–Kier alpha value is -2.44. The summed E-state index contributed by atoms with van der Waals surface area (Å²) in [6.07, 6.45) is 3.06. The molecule has 1 fully saturated rings. The first-order chi connectivity index (χ1) is 8.99. The van der Waals surface area contributed by atoms with E-state index >= 15 is 0 Å².